The van der Waals surface area contributed by atoms with E-state index >= 15 is 0 Å². The van der Waals surface area contributed by atoms with Crippen LogP contribution in [0.2, 0.25) is 0 Å². The fraction of sp³-hybridized carbons (Fsp3) is 0.545. The number of fused-ring (bicyclic) bond motifs is 1. The number of aromatic nitrogens is 4. The maximum absolute atomic E-state index is 9.02. The normalized spacial score (nSPS) is 17.7. The predicted molar refractivity (Wildman–Crippen MR) is 59.5 cm³/mol. The van der Waals surface area contributed by atoms with Crippen molar-refractivity contribution in [3.05, 3.63) is 23.8 Å². The Morgan fingerprint density at radius 1 is 1.35 bits per heavy atom. The molecule has 17 heavy (non-hydrogen) atoms. The van der Waals surface area contributed by atoms with Gasteiger partial charge in [0, 0.05) is 25.3 Å². The Morgan fingerprint density at radius 3 is 2.94 bits per heavy atom. The quantitative estimate of drug-likeness (QED) is 0.819. The average molecular weight is 234 g/mol. The predicted octanol–water partition coefficient (Wildman–Crippen LogP) is 0.511. The molecule has 1 saturated heterocycles. The molecule has 6 heteroatoms. The summed E-state index contributed by atoms with van der Waals surface area (Å²) in [6.07, 6.45) is 3.82. The Labute approximate surface area is 98.3 Å². The lowest BCUT2D eigenvalue weighted by molar-refractivity contribution is 0.0834. The summed E-state index contributed by atoms with van der Waals surface area (Å²) in [5.74, 6) is 1.89. The van der Waals surface area contributed by atoms with E-state index < -0.39 is 0 Å². The van der Waals surface area contributed by atoms with Gasteiger partial charge in [0.2, 0.25) is 0 Å². The summed E-state index contributed by atoms with van der Waals surface area (Å²) in [4.78, 5) is 4.22. The van der Waals surface area contributed by atoms with Crippen molar-refractivity contribution in [1.82, 2.24) is 19.6 Å². The van der Waals surface area contributed by atoms with Crippen molar-refractivity contribution in [1.29, 1.82) is 0 Å². The number of aliphatic hydroxyl groups is 1. The molecule has 2 aromatic heterocycles. The highest BCUT2D eigenvalue weighted by atomic mass is 16.5. The molecule has 1 fully saturated rings. The molecule has 0 amide bonds. The van der Waals surface area contributed by atoms with Crippen LogP contribution in [-0.4, -0.2) is 37.9 Å². The summed E-state index contributed by atoms with van der Waals surface area (Å²) >= 11 is 0. The third-order valence-corrected chi connectivity index (χ3v) is 3.11. The molecule has 0 saturated carbocycles. The molecule has 90 valence electrons. The third-order valence-electron chi connectivity index (χ3n) is 3.11. The van der Waals surface area contributed by atoms with Crippen molar-refractivity contribution in [2.75, 3.05) is 13.2 Å². The van der Waals surface area contributed by atoms with Crippen LogP contribution in [0.3, 0.4) is 0 Å². The summed E-state index contributed by atoms with van der Waals surface area (Å²) in [7, 11) is 0. The summed E-state index contributed by atoms with van der Waals surface area (Å²) in [5.41, 5.74) is 0.614. The number of ether oxygens (including phenoxy) is 1. The van der Waals surface area contributed by atoms with Crippen molar-refractivity contribution in [3.63, 3.8) is 0 Å². The van der Waals surface area contributed by atoms with Crippen molar-refractivity contribution in [2.45, 2.75) is 25.4 Å². The van der Waals surface area contributed by atoms with Crippen LogP contribution in [0.1, 0.15) is 30.3 Å². The van der Waals surface area contributed by atoms with Gasteiger partial charge in [0.1, 0.15) is 5.82 Å². The van der Waals surface area contributed by atoms with Gasteiger partial charge in [-0.25, -0.2) is 4.98 Å². The summed E-state index contributed by atoms with van der Waals surface area (Å²) in [6.45, 7) is 1.49. The molecule has 0 spiro atoms. The van der Waals surface area contributed by atoms with Gasteiger partial charge in [0.25, 0.3) is 5.78 Å². The molecule has 3 rings (SSSR count). The second kappa shape index (κ2) is 4.38. The van der Waals surface area contributed by atoms with Crippen LogP contribution in [-0.2, 0) is 11.3 Å². The van der Waals surface area contributed by atoms with Gasteiger partial charge in [-0.2, -0.15) is 0 Å². The van der Waals surface area contributed by atoms with E-state index in [0.29, 0.717) is 17.4 Å². The van der Waals surface area contributed by atoms with E-state index in [1.807, 2.05) is 10.6 Å². The molecule has 0 radical (unpaired) electrons. The maximum atomic E-state index is 9.02. The molecule has 2 aromatic rings. The molecule has 0 aliphatic carbocycles. The van der Waals surface area contributed by atoms with Crippen LogP contribution in [0.5, 0.6) is 0 Å². The second-order valence-corrected chi connectivity index (χ2v) is 4.19. The minimum atomic E-state index is -0.0735. The van der Waals surface area contributed by atoms with E-state index in [1.165, 1.54) is 0 Å². The zero-order valence-corrected chi connectivity index (χ0v) is 9.41. The Bertz CT molecular complexity index is 519. The molecule has 0 unspecified atom stereocenters. The topological polar surface area (TPSA) is 72.5 Å². The van der Waals surface area contributed by atoms with Gasteiger partial charge in [-0.05, 0) is 18.9 Å². The second-order valence-electron chi connectivity index (χ2n) is 4.19. The van der Waals surface area contributed by atoms with Crippen molar-refractivity contribution in [3.8, 4) is 0 Å². The standard InChI is InChI=1S/C11H14N4O2/c16-7-9-1-4-15-10(13-14-11(15)12-9)8-2-5-17-6-3-8/h1,4,8,16H,2-3,5-7H2. The lowest BCUT2D eigenvalue weighted by Crippen LogP contribution is -2.16. The zero-order chi connectivity index (χ0) is 11.7. The number of aliphatic hydroxyl groups excluding tert-OH is 1. The van der Waals surface area contributed by atoms with E-state index in [9.17, 15) is 0 Å². The molecule has 0 bridgehead atoms. The summed E-state index contributed by atoms with van der Waals surface area (Å²) in [6, 6.07) is 1.79. The van der Waals surface area contributed by atoms with Crippen LogP contribution >= 0.6 is 0 Å². The molecule has 1 aliphatic heterocycles. The Hall–Kier alpha value is -1.53. The van der Waals surface area contributed by atoms with Gasteiger partial charge in [0.05, 0.1) is 12.3 Å². The van der Waals surface area contributed by atoms with Crippen LogP contribution < -0.4 is 0 Å². The molecule has 3 heterocycles. The van der Waals surface area contributed by atoms with Crippen LogP contribution in [0.25, 0.3) is 5.78 Å². The highest BCUT2D eigenvalue weighted by Crippen LogP contribution is 2.25. The fourth-order valence-electron chi connectivity index (χ4n) is 2.16. The molecule has 1 N–H and O–H groups in total. The van der Waals surface area contributed by atoms with Gasteiger partial charge >= 0.3 is 0 Å². The zero-order valence-electron chi connectivity index (χ0n) is 9.41. The molecular formula is C11H14N4O2. The first kappa shape index (κ1) is 10.6. The van der Waals surface area contributed by atoms with E-state index in [0.717, 1.165) is 31.9 Å². The number of hydrogen-bond acceptors (Lipinski definition) is 5. The number of rotatable bonds is 2. The van der Waals surface area contributed by atoms with Gasteiger partial charge in [-0.15, -0.1) is 10.2 Å². The first-order valence-electron chi connectivity index (χ1n) is 5.77. The maximum Gasteiger partial charge on any atom is 0.255 e. The molecule has 0 aromatic carbocycles. The summed E-state index contributed by atoms with van der Waals surface area (Å²) in [5, 5.41) is 17.3. The highest BCUT2D eigenvalue weighted by Gasteiger charge is 2.21. The lowest BCUT2D eigenvalue weighted by Gasteiger charge is -2.20. The molecule has 6 nitrogen and oxygen atoms in total. The molecular weight excluding hydrogens is 220 g/mol. The number of nitrogens with zero attached hydrogens (tertiary/aromatic N) is 4. The minimum absolute atomic E-state index is 0.0735. The minimum Gasteiger partial charge on any atom is -0.390 e. The van der Waals surface area contributed by atoms with Crippen LogP contribution in [0, 0.1) is 0 Å². The Kier molecular flexibility index (Phi) is 2.74. The first-order chi connectivity index (χ1) is 8.38. The van der Waals surface area contributed by atoms with E-state index in [2.05, 4.69) is 15.2 Å². The molecule has 0 atom stereocenters. The van der Waals surface area contributed by atoms with Gasteiger partial charge in [-0.1, -0.05) is 0 Å². The highest BCUT2D eigenvalue weighted by molar-refractivity contribution is 5.29. The fourth-order valence-corrected chi connectivity index (χ4v) is 2.16. The van der Waals surface area contributed by atoms with E-state index in [4.69, 9.17) is 9.84 Å². The Morgan fingerprint density at radius 2 is 2.18 bits per heavy atom. The van der Waals surface area contributed by atoms with Crippen molar-refractivity contribution in [2.24, 2.45) is 0 Å². The monoisotopic (exact) mass is 234 g/mol. The first-order valence-corrected chi connectivity index (χ1v) is 5.77. The van der Waals surface area contributed by atoms with E-state index in [-0.39, 0.29) is 6.61 Å². The largest absolute Gasteiger partial charge is 0.390 e. The van der Waals surface area contributed by atoms with Gasteiger partial charge in [-0.3, -0.25) is 4.40 Å². The SMILES string of the molecule is OCc1ccn2c(C3CCOCC3)nnc2n1. The smallest absolute Gasteiger partial charge is 0.255 e. The average Bonchev–Trinajstić information content (AvgIpc) is 2.82. The van der Waals surface area contributed by atoms with Crippen LogP contribution in [0.15, 0.2) is 12.3 Å². The number of hydrogen-bond donors (Lipinski definition) is 1. The van der Waals surface area contributed by atoms with E-state index in [1.54, 1.807) is 6.07 Å². The third kappa shape index (κ3) is 1.89. The van der Waals surface area contributed by atoms with Crippen LogP contribution in [0.4, 0.5) is 0 Å². The lowest BCUT2D eigenvalue weighted by atomic mass is 10.00. The molecule has 1 aliphatic rings. The Balaban J connectivity index is 1.99. The summed E-state index contributed by atoms with van der Waals surface area (Å²) < 4.78 is 7.24. The van der Waals surface area contributed by atoms with Gasteiger partial charge in [0.15, 0.2) is 0 Å². The van der Waals surface area contributed by atoms with Crippen molar-refractivity contribution >= 4 is 5.78 Å². The van der Waals surface area contributed by atoms with Gasteiger partial charge < -0.3 is 9.84 Å². The van der Waals surface area contributed by atoms with Crippen molar-refractivity contribution < 1.29 is 9.84 Å².